The van der Waals surface area contributed by atoms with Gasteiger partial charge in [0.1, 0.15) is 23.2 Å². The van der Waals surface area contributed by atoms with Crippen molar-refractivity contribution in [2.75, 3.05) is 35.7 Å². The van der Waals surface area contributed by atoms with Crippen LogP contribution in [-0.4, -0.2) is 47.1 Å². The Hall–Kier alpha value is -4.34. The van der Waals surface area contributed by atoms with E-state index in [9.17, 15) is 14.0 Å². The number of nitrogens with one attached hydrogen (secondary N) is 3. The number of aromatic amines is 1. The highest BCUT2D eigenvalue weighted by atomic mass is 19.1. The van der Waals surface area contributed by atoms with Crippen LogP contribution in [0.3, 0.4) is 0 Å². The maximum Gasteiger partial charge on any atom is 0.287 e. The Kier molecular flexibility index (Phi) is 8.30. The molecule has 1 atom stereocenters. The molecule has 1 amide bonds. The second-order valence-electron chi connectivity index (χ2n) is 9.24. The lowest BCUT2D eigenvalue weighted by atomic mass is 9.94. The molecule has 1 aliphatic rings. The second-order valence-corrected chi connectivity index (χ2v) is 9.24. The van der Waals surface area contributed by atoms with Gasteiger partial charge in [-0.15, -0.1) is 0 Å². The van der Waals surface area contributed by atoms with Gasteiger partial charge in [0, 0.05) is 31.9 Å². The molecular weight excluding hydrogens is 485 g/mol. The van der Waals surface area contributed by atoms with Gasteiger partial charge >= 0.3 is 0 Å². The first-order chi connectivity index (χ1) is 18.3. The van der Waals surface area contributed by atoms with Gasteiger partial charge in [0.25, 0.3) is 11.5 Å². The number of benzene rings is 1. The molecule has 4 rings (SSSR count). The molecule has 1 aromatic carbocycles. The number of hydrogen-bond donors (Lipinski definition) is 3. The van der Waals surface area contributed by atoms with Crippen LogP contribution in [-0.2, 0) is 0 Å². The summed E-state index contributed by atoms with van der Waals surface area (Å²) in [6.45, 7) is 7.66. The van der Waals surface area contributed by atoms with Gasteiger partial charge in [0.2, 0.25) is 0 Å². The van der Waals surface area contributed by atoms with E-state index >= 15 is 0 Å². The fourth-order valence-electron chi connectivity index (χ4n) is 4.22. The number of carbonyl (C=O) groups is 1. The van der Waals surface area contributed by atoms with Crippen LogP contribution in [0.15, 0.2) is 64.0 Å². The van der Waals surface area contributed by atoms with Gasteiger partial charge in [-0.1, -0.05) is 12.5 Å². The van der Waals surface area contributed by atoms with Crippen molar-refractivity contribution in [3.63, 3.8) is 0 Å². The first kappa shape index (κ1) is 26.7. The lowest BCUT2D eigenvalue weighted by molar-refractivity contribution is 0.102. The van der Waals surface area contributed by atoms with Crippen molar-refractivity contribution in [2.24, 2.45) is 10.9 Å². The molecule has 10 heteroatoms. The summed E-state index contributed by atoms with van der Waals surface area (Å²) in [6, 6.07) is 9.21. The summed E-state index contributed by atoms with van der Waals surface area (Å²) in [4.78, 5) is 36.1. The second kappa shape index (κ2) is 11.8. The molecule has 3 N–H and O–H groups in total. The van der Waals surface area contributed by atoms with E-state index in [2.05, 4.69) is 44.7 Å². The number of allylic oxidation sites excluding steroid dienone is 1. The lowest BCUT2D eigenvalue weighted by Gasteiger charge is -2.15. The largest absolute Gasteiger partial charge is 0.360 e. The molecule has 0 radical (unpaired) electrons. The summed E-state index contributed by atoms with van der Waals surface area (Å²) in [6.07, 6.45) is 5.41. The number of H-pyrrole nitrogens is 1. The summed E-state index contributed by atoms with van der Waals surface area (Å²) < 4.78 is 14.6. The van der Waals surface area contributed by atoms with Crippen LogP contribution in [0.5, 0.6) is 0 Å². The van der Waals surface area contributed by atoms with Crippen LogP contribution >= 0.6 is 0 Å². The van der Waals surface area contributed by atoms with Crippen molar-refractivity contribution in [1.29, 1.82) is 0 Å². The zero-order valence-electron chi connectivity index (χ0n) is 22.0. The van der Waals surface area contributed by atoms with Crippen LogP contribution in [0.1, 0.15) is 44.0 Å². The summed E-state index contributed by atoms with van der Waals surface area (Å²) in [5, 5.41) is 12.3. The summed E-state index contributed by atoms with van der Waals surface area (Å²) in [5.41, 5.74) is 2.28. The van der Waals surface area contributed by atoms with E-state index in [0.717, 1.165) is 25.2 Å². The maximum absolute atomic E-state index is 14.6. The Balaban J connectivity index is 1.55. The van der Waals surface area contributed by atoms with E-state index < -0.39 is 17.3 Å². The number of nitrogens with zero attached hydrogens (tertiary/aromatic N) is 4. The Morgan fingerprint density at radius 2 is 2.00 bits per heavy atom. The van der Waals surface area contributed by atoms with Crippen LogP contribution in [0, 0.1) is 11.7 Å². The molecule has 3 aromatic rings. The standard InChI is InChI=1S/C28H32FN7O2/c1-5-18-11-12-30-25(13-17(18)3)32-24-15-22(34-35-28(24)38)19-7-9-21(29)23(14-19)33-27(37)20-8-10-26(31-16-20)36(4)6-2/h7-10,13-16,18H,5-6,11-12H2,1-4H3,(H,33,37)(H,35,38)(H,30,32,34)/t18-/m1/s1. The number of halogens is 1. The third-order valence-corrected chi connectivity index (χ3v) is 6.71. The van der Waals surface area contributed by atoms with E-state index in [4.69, 9.17) is 0 Å². The molecule has 0 spiro atoms. The zero-order valence-corrected chi connectivity index (χ0v) is 22.0. The lowest BCUT2D eigenvalue weighted by Crippen LogP contribution is -2.20. The number of aliphatic imine (C=N–C) groups is 1. The Bertz CT molecular complexity index is 1430. The molecule has 38 heavy (non-hydrogen) atoms. The highest BCUT2D eigenvalue weighted by Gasteiger charge is 2.16. The highest BCUT2D eigenvalue weighted by molar-refractivity contribution is 6.05. The molecule has 0 bridgehead atoms. The first-order valence-corrected chi connectivity index (χ1v) is 12.7. The molecule has 3 heterocycles. The van der Waals surface area contributed by atoms with Gasteiger partial charge in [-0.2, -0.15) is 5.10 Å². The van der Waals surface area contributed by atoms with Crippen LogP contribution < -0.4 is 21.1 Å². The number of carbonyl (C=O) groups excluding carboxylic acids is 1. The number of anilines is 3. The molecular formula is C28H32FN7O2. The molecule has 0 fully saturated rings. The predicted octanol–water partition coefficient (Wildman–Crippen LogP) is 4.87. The van der Waals surface area contributed by atoms with Crippen LogP contribution in [0.4, 0.5) is 21.6 Å². The first-order valence-electron chi connectivity index (χ1n) is 12.7. The van der Waals surface area contributed by atoms with E-state index in [1.165, 1.54) is 30.0 Å². The van der Waals surface area contributed by atoms with Gasteiger partial charge in [-0.25, -0.2) is 14.5 Å². The van der Waals surface area contributed by atoms with Crippen molar-refractivity contribution in [3.05, 3.63) is 76.0 Å². The zero-order chi connectivity index (χ0) is 27.2. The number of amides is 1. The number of hydrogen-bond acceptors (Lipinski definition) is 7. The van der Waals surface area contributed by atoms with Crippen molar-refractivity contribution < 1.29 is 9.18 Å². The number of aromatic nitrogens is 3. The van der Waals surface area contributed by atoms with E-state index in [-0.39, 0.29) is 11.4 Å². The van der Waals surface area contributed by atoms with Gasteiger partial charge in [-0.3, -0.25) is 14.6 Å². The number of amidine groups is 1. The van der Waals surface area contributed by atoms with Gasteiger partial charge in [0.15, 0.2) is 0 Å². The molecule has 198 valence electrons. The Morgan fingerprint density at radius 1 is 1.18 bits per heavy atom. The molecule has 0 saturated heterocycles. The predicted molar refractivity (Wildman–Crippen MR) is 149 cm³/mol. The van der Waals surface area contributed by atoms with Gasteiger partial charge in [0.05, 0.1) is 16.9 Å². The molecule has 0 saturated carbocycles. The number of rotatable bonds is 7. The maximum atomic E-state index is 14.6. The quantitative estimate of drug-likeness (QED) is 0.412. The van der Waals surface area contributed by atoms with Crippen LogP contribution in [0.25, 0.3) is 11.3 Å². The smallest absolute Gasteiger partial charge is 0.287 e. The van der Waals surface area contributed by atoms with Crippen molar-refractivity contribution in [1.82, 2.24) is 15.2 Å². The molecule has 9 nitrogen and oxygen atoms in total. The topological polar surface area (TPSA) is 115 Å². The SMILES string of the molecule is CC[C@@H]1CCN=C(Nc2cc(-c3ccc(F)c(NC(=O)c4ccc(N(C)CC)nc4)c3)n[nH]c2=O)C=C1C. The Labute approximate surface area is 220 Å². The summed E-state index contributed by atoms with van der Waals surface area (Å²) in [7, 11) is 1.90. The average Bonchev–Trinajstić information content (AvgIpc) is 3.10. The minimum atomic E-state index is -0.598. The van der Waals surface area contributed by atoms with E-state index in [0.29, 0.717) is 35.1 Å². The van der Waals surface area contributed by atoms with E-state index in [1.807, 2.05) is 24.9 Å². The monoisotopic (exact) mass is 517 g/mol. The van der Waals surface area contributed by atoms with Crippen molar-refractivity contribution in [2.45, 2.75) is 33.6 Å². The van der Waals surface area contributed by atoms with Crippen molar-refractivity contribution >= 4 is 28.9 Å². The van der Waals surface area contributed by atoms with Crippen LogP contribution in [0.2, 0.25) is 0 Å². The van der Waals surface area contributed by atoms with Gasteiger partial charge < -0.3 is 15.5 Å². The highest BCUT2D eigenvalue weighted by Crippen LogP contribution is 2.26. The Morgan fingerprint density at radius 3 is 2.71 bits per heavy atom. The average molecular weight is 518 g/mol. The third kappa shape index (κ3) is 6.13. The molecule has 2 aromatic heterocycles. The minimum absolute atomic E-state index is 0.0120. The van der Waals surface area contributed by atoms with Crippen molar-refractivity contribution in [3.8, 4) is 11.3 Å². The minimum Gasteiger partial charge on any atom is -0.360 e. The summed E-state index contributed by atoms with van der Waals surface area (Å²) >= 11 is 0. The molecule has 1 aliphatic heterocycles. The molecule has 0 aliphatic carbocycles. The molecule has 0 unspecified atom stereocenters. The fourth-order valence-corrected chi connectivity index (χ4v) is 4.22. The summed E-state index contributed by atoms with van der Waals surface area (Å²) in [5.74, 6) is 0.715. The number of pyridine rings is 1. The van der Waals surface area contributed by atoms with E-state index in [1.54, 1.807) is 18.2 Å². The van der Waals surface area contributed by atoms with Gasteiger partial charge in [-0.05, 0) is 75.1 Å². The third-order valence-electron chi connectivity index (χ3n) is 6.71. The normalized spacial score (nSPS) is 15.2. The fraction of sp³-hybridized carbons (Fsp3) is 0.321.